The summed E-state index contributed by atoms with van der Waals surface area (Å²) in [6.07, 6.45) is -0.535. The first-order valence-electron chi connectivity index (χ1n) is 6.84. The molecular weight excluding hydrogens is 410 g/mol. The highest BCUT2D eigenvalue weighted by atomic mass is 127. The van der Waals surface area contributed by atoms with E-state index in [0.29, 0.717) is 6.54 Å². The van der Waals surface area contributed by atoms with E-state index in [1.807, 2.05) is 0 Å². The van der Waals surface area contributed by atoms with Gasteiger partial charge in [0.1, 0.15) is 0 Å². The average Bonchev–Trinajstić information content (AvgIpc) is 2.39. The second-order valence-electron chi connectivity index (χ2n) is 4.50. The van der Waals surface area contributed by atoms with Gasteiger partial charge in [-0.2, -0.15) is 0 Å². The van der Waals surface area contributed by atoms with Gasteiger partial charge < -0.3 is 15.8 Å². The summed E-state index contributed by atoms with van der Waals surface area (Å²) in [4.78, 5) is 4.08. The van der Waals surface area contributed by atoms with E-state index < -0.39 is 6.36 Å². The Labute approximate surface area is 145 Å². The largest absolute Gasteiger partial charge is 0.573 e. The maximum Gasteiger partial charge on any atom is 0.573 e. The van der Waals surface area contributed by atoms with Crippen LogP contribution in [0.4, 0.5) is 18.9 Å². The van der Waals surface area contributed by atoms with E-state index in [-0.39, 0.29) is 41.4 Å². The van der Waals surface area contributed by atoms with Crippen LogP contribution in [0.5, 0.6) is 5.75 Å². The number of ether oxygens (including phenoxy) is 1. The topological polar surface area (TPSA) is 59.6 Å². The lowest BCUT2D eigenvalue weighted by molar-refractivity contribution is -0.274. The molecule has 0 saturated heterocycles. The monoisotopic (exact) mass is 431 g/mol. The van der Waals surface area contributed by atoms with E-state index >= 15 is 0 Å². The second-order valence-corrected chi connectivity index (χ2v) is 4.50. The van der Waals surface area contributed by atoms with Crippen LogP contribution in [-0.4, -0.2) is 18.9 Å². The van der Waals surface area contributed by atoms with Crippen molar-refractivity contribution in [2.24, 2.45) is 10.7 Å². The molecule has 0 fully saturated rings. The van der Waals surface area contributed by atoms with Gasteiger partial charge in [-0.15, -0.1) is 37.1 Å². The van der Waals surface area contributed by atoms with E-state index in [9.17, 15) is 13.2 Å². The zero-order valence-electron chi connectivity index (χ0n) is 12.3. The molecule has 0 spiro atoms. The van der Waals surface area contributed by atoms with E-state index in [1.54, 1.807) is 6.07 Å². The third kappa shape index (κ3) is 8.96. The predicted octanol–water partition coefficient (Wildman–Crippen LogP) is 4.51. The fraction of sp³-hybridized carbons (Fsp3) is 0.500. The molecule has 8 heteroatoms. The maximum absolute atomic E-state index is 12.3. The Morgan fingerprint density at radius 2 is 1.91 bits per heavy atom. The third-order valence-electron chi connectivity index (χ3n) is 2.67. The first-order chi connectivity index (χ1) is 9.92. The Kier molecular flexibility index (Phi) is 9.95. The van der Waals surface area contributed by atoms with Crippen molar-refractivity contribution in [3.8, 4) is 5.75 Å². The van der Waals surface area contributed by atoms with E-state index in [0.717, 1.165) is 25.7 Å². The molecule has 0 aliphatic heterocycles. The quantitative estimate of drug-likeness (QED) is 0.289. The fourth-order valence-electron chi connectivity index (χ4n) is 1.70. The molecule has 22 heavy (non-hydrogen) atoms. The van der Waals surface area contributed by atoms with Crippen molar-refractivity contribution in [2.45, 2.75) is 39.0 Å². The van der Waals surface area contributed by atoms with Crippen molar-refractivity contribution in [3.63, 3.8) is 0 Å². The number of para-hydroxylation sites is 2. The zero-order valence-corrected chi connectivity index (χ0v) is 14.7. The van der Waals surface area contributed by atoms with Gasteiger partial charge >= 0.3 is 6.36 Å². The van der Waals surface area contributed by atoms with Crippen LogP contribution in [0.25, 0.3) is 0 Å². The van der Waals surface area contributed by atoms with E-state index in [4.69, 9.17) is 5.73 Å². The minimum Gasteiger partial charge on any atom is -0.404 e. The summed E-state index contributed by atoms with van der Waals surface area (Å²) in [5.41, 5.74) is 5.78. The number of nitrogens with one attached hydrogen (secondary N) is 1. The van der Waals surface area contributed by atoms with Crippen LogP contribution in [-0.2, 0) is 0 Å². The molecule has 0 aliphatic carbocycles. The molecule has 0 aliphatic rings. The summed E-state index contributed by atoms with van der Waals surface area (Å²) in [6.45, 7) is 2.65. The number of rotatable bonds is 7. The van der Waals surface area contributed by atoms with Gasteiger partial charge in [-0.05, 0) is 18.6 Å². The maximum atomic E-state index is 12.3. The SMILES string of the molecule is CCCCCCN=C(N)Nc1ccccc1OC(F)(F)F.I. The first kappa shape index (κ1) is 20.8. The van der Waals surface area contributed by atoms with E-state index in [2.05, 4.69) is 22.0 Å². The van der Waals surface area contributed by atoms with Crippen LogP contribution in [0.15, 0.2) is 29.3 Å². The molecule has 4 nitrogen and oxygen atoms in total. The van der Waals surface area contributed by atoms with Gasteiger partial charge in [0.25, 0.3) is 0 Å². The van der Waals surface area contributed by atoms with Crippen LogP contribution in [0.3, 0.4) is 0 Å². The number of hydrogen-bond donors (Lipinski definition) is 2. The molecule has 1 aromatic rings. The van der Waals surface area contributed by atoms with Gasteiger partial charge in [-0.1, -0.05) is 38.3 Å². The highest BCUT2D eigenvalue weighted by Gasteiger charge is 2.32. The molecule has 0 heterocycles. The number of nitrogens with zero attached hydrogens (tertiary/aromatic N) is 1. The van der Waals surface area contributed by atoms with Crippen LogP contribution in [0.1, 0.15) is 32.6 Å². The molecule has 126 valence electrons. The Morgan fingerprint density at radius 3 is 2.55 bits per heavy atom. The lowest BCUT2D eigenvalue weighted by atomic mass is 10.2. The van der Waals surface area contributed by atoms with Crippen molar-refractivity contribution in [2.75, 3.05) is 11.9 Å². The summed E-state index contributed by atoms with van der Waals surface area (Å²) in [5, 5.41) is 2.63. The zero-order chi connectivity index (χ0) is 15.7. The van der Waals surface area contributed by atoms with Crippen LogP contribution >= 0.6 is 24.0 Å². The first-order valence-corrected chi connectivity index (χ1v) is 6.84. The van der Waals surface area contributed by atoms with Gasteiger partial charge in [0, 0.05) is 6.54 Å². The average molecular weight is 431 g/mol. The number of anilines is 1. The molecule has 0 bridgehead atoms. The summed E-state index contributed by atoms with van der Waals surface area (Å²) in [7, 11) is 0. The predicted molar refractivity (Wildman–Crippen MR) is 92.8 cm³/mol. The number of halogens is 4. The van der Waals surface area contributed by atoms with Crippen LogP contribution in [0.2, 0.25) is 0 Å². The molecule has 0 amide bonds. The number of nitrogens with two attached hydrogens (primary N) is 1. The molecule has 3 N–H and O–H groups in total. The van der Waals surface area contributed by atoms with Crippen LogP contribution < -0.4 is 15.8 Å². The van der Waals surface area contributed by atoms with Gasteiger partial charge in [0.2, 0.25) is 0 Å². The highest BCUT2D eigenvalue weighted by Crippen LogP contribution is 2.29. The minimum atomic E-state index is -4.75. The van der Waals surface area contributed by atoms with Gasteiger partial charge in [0.05, 0.1) is 5.69 Å². The van der Waals surface area contributed by atoms with Crippen molar-refractivity contribution in [1.82, 2.24) is 0 Å². The van der Waals surface area contributed by atoms with Crippen molar-refractivity contribution < 1.29 is 17.9 Å². The minimum absolute atomic E-state index is 0. The highest BCUT2D eigenvalue weighted by molar-refractivity contribution is 14.0. The summed E-state index contributed by atoms with van der Waals surface area (Å²) in [6, 6.07) is 5.69. The van der Waals surface area contributed by atoms with Gasteiger partial charge in [0.15, 0.2) is 11.7 Å². The standard InChI is InChI=1S/C14H20F3N3O.HI/c1-2-3-4-7-10-19-13(18)20-11-8-5-6-9-12(11)21-14(15,16)17;/h5-6,8-9H,2-4,7,10H2,1H3,(H3,18,19,20);1H. The molecule has 0 atom stereocenters. The fourth-order valence-corrected chi connectivity index (χ4v) is 1.70. The Morgan fingerprint density at radius 1 is 1.23 bits per heavy atom. The summed E-state index contributed by atoms with van der Waals surface area (Å²) in [5.74, 6) is -0.265. The van der Waals surface area contributed by atoms with Crippen LogP contribution in [0, 0.1) is 0 Å². The smallest absolute Gasteiger partial charge is 0.404 e. The summed E-state index contributed by atoms with van der Waals surface area (Å²) >= 11 is 0. The van der Waals surface area contributed by atoms with Crippen molar-refractivity contribution >= 4 is 35.6 Å². The van der Waals surface area contributed by atoms with Gasteiger partial charge in [-0.25, -0.2) is 0 Å². The third-order valence-corrected chi connectivity index (χ3v) is 2.67. The number of guanidine groups is 1. The normalized spacial score (nSPS) is 11.7. The van der Waals surface area contributed by atoms with Crippen molar-refractivity contribution in [1.29, 1.82) is 0 Å². The Hall–Kier alpha value is -1.19. The molecule has 0 radical (unpaired) electrons. The molecule has 1 rings (SSSR count). The Bertz CT molecular complexity index is 467. The summed E-state index contributed by atoms with van der Waals surface area (Å²) < 4.78 is 40.7. The number of alkyl halides is 3. The number of aliphatic imine (C=N–C) groups is 1. The number of unbranched alkanes of at least 4 members (excludes halogenated alkanes) is 3. The van der Waals surface area contributed by atoms with E-state index in [1.165, 1.54) is 18.2 Å². The lowest BCUT2D eigenvalue weighted by Gasteiger charge is -2.14. The second kappa shape index (κ2) is 10.5. The van der Waals surface area contributed by atoms with Crippen molar-refractivity contribution in [3.05, 3.63) is 24.3 Å². The molecule has 0 unspecified atom stereocenters. The molecular formula is C14H21F3IN3O. The number of hydrogen-bond acceptors (Lipinski definition) is 2. The Balaban J connectivity index is 0.00000441. The lowest BCUT2D eigenvalue weighted by Crippen LogP contribution is -2.24. The molecule has 0 saturated carbocycles. The molecule has 1 aromatic carbocycles. The van der Waals surface area contributed by atoms with Gasteiger partial charge in [-0.3, -0.25) is 4.99 Å². The molecule has 0 aromatic heterocycles. The number of benzene rings is 1.